The van der Waals surface area contributed by atoms with Gasteiger partial charge in [0.25, 0.3) is 0 Å². The van der Waals surface area contributed by atoms with E-state index in [1.807, 2.05) is 63.2 Å². The van der Waals surface area contributed by atoms with Crippen molar-refractivity contribution in [3.63, 3.8) is 0 Å². The van der Waals surface area contributed by atoms with E-state index in [-0.39, 0.29) is 0 Å². The van der Waals surface area contributed by atoms with Crippen LogP contribution in [0.25, 0.3) is 0 Å². The second kappa shape index (κ2) is 7.55. The number of aryl methyl sites for hydroxylation is 3. The van der Waals surface area contributed by atoms with Gasteiger partial charge in [0.05, 0.1) is 5.71 Å². The van der Waals surface area contributed by atoms with Crippen LogP contribution in [-0.2, 0) is 9.59 Å². The van der Waals surface area contributed by atoms with Crippen molar-refractivity contribution in [2.24, 2.45) is 5.10 Å². The molecule has 0 bridgehead atoms. The van der Waals surface area contributed by atoms with Crippen LogP contribution in [0, 0.1) is 20.8 Å². The monoisotopic (exact) mass is 323 g/mol. The third-order valence-corrected chi connectivity index (χ3v) is 3.64. The Kier molecular flexibility index (Phi) is 5.47. The van der Waals surface area contributed by atoms with Crippen molar-refractivity contribution in [3.8, 4) is 0 Å². The molecule has 0 aromatic heterocycles. The lowest BCUT2D eigenvalue weighted by molar-refractivity contribution is -0.136. The lowest BCUT2D eigenvalue weighted by Gasteiger charge is -2.08. The molecule has 24 heavy (non-hydrogen) atoms. The number of carbonyl (C=O) groups excluding carboxylic acids is 2. The Morgan fingerprint density at radius 2 is 1.50 bits per heavy atom. The fourth-order valence-electron chi connectivity index (χ4n) is 2.09. The highest BCUT2D eigenvalue weighted by atomic mass is 16.2. The molecule has 0 aliphatic carbocycles. The van der Waals surface area contributed by atoms with Crippen LogP contribution in [0.3, 0.4) is 0 Å². The Morgan fingerprint density at radius 3 is 2.17 bits per heavy atom. The molecule has 0 atom stereocenters. The minimum Gasteiger partial charge on any atom is -0.317 e. The second-order valence-electron chi connectivity index (χ2n) is 5.78. The third kappa shape index (κ3) is 4.52. The highest BCUT2D eigenvalue weighted by Gasteiger charge is 2.14. The number of hydrogen-bond donors (Lipinski definition) is 2. The average molecular weight is 323 g/mol. The first kappa shape index (κ1) is 17.4. The summed E-state index contributed by atoms with van der Waals surface area (Å²) in [5, 5.41) is 6.58. The van der Waals surface area contributed by atoms with E-state index in [1.54, 1.807) is 6.92 Å². The SMILES string of the molecule is CC(=NNC(=O)C(=O)Nc1cc(C)ccc1C)c1ccc(C)cc1. The maximum Gasteiger partial charge on any atom is 0.329 e. The average Bonchev–Trinajstić information content (AvgIpc) is 2.56. The maximum atomic E-state index is 12.0. The van der Waals surface area contributed by atoms with Crippen LogP contribution in [0.15, 0.2) is 47.6 Å². The van der Waals surface area contributed by atoms with Gasteiger partial charge in [-0.15, -0.1) is 0 Å². The number of rotatable bonds is 3. The summed E-state index contributed by atoms with van der Waals surface area (Å²) < 4.78 is 0. The number of amides is 2. The van der Waals surface area contributed by atoms with Crippen LogP contribution >= 0.6 is 0 Å². The molecule has 2 aromatic carbocycles. The van der Waals surface area contributed by atoms with E-state index in [9.17, 15) is 9.59 Å². The number of benzene rings is 2. The summed E-state index contributed by atoms with van der Waals surface area (Å²) in [4.78, 5) is 23.9. The van der Waals surface area contributed by atoms with Gasteiger partial charge in [-0.3, -0.25) is 9.59 Å². The van der Waals surface area contributed by atoms with E-state index in [0.717, 1.165) is 22.3 Å². The molecule has 0 unspecified atom stereocenters. The fraction of sp³-hybridized carbons (Fsp3) is 0.211. The standard InChI is InChI=1S/C19H21N3O2/c1-12-6-9-16(10-7-12)15(4)21-22-19(24)18(23)20-17-11-13(2)5-8-14(17)3/h5-11H,1-4H3,(H,20,23)(H,22,24). The van der Waals surface area contributed by atoms with Gasteiger partial charge in [0.2, 0.25) is 0 Å². The topological polar surface area (TPSA) is 70.6 Å². The first-order valence-corrected chi connectivity index (χ1v) is 7.66. The quantitative estimate of drug-likeness (QED) is 0.518. The van der Waals surface area contributed by atoms with E-state index < -0.39 is 11.8 Å². The number of hydrogen-bond acceptors (Lipinski definition) is 3. The molecule has 2 rings (SSSR count). The van der Waals surface area contributed by atoms with Gasteiger partial charge in [-0.1, -0.05) is 42.0 Å². The molecule has 0 spiro atoms. The van der Waals surface area contributed by atoms with E-state index in [0.29, 0.717) is 11.4 Å². The van der Waals surface area contributed by atoms with E-state index in [4.69, 9.17) is 0 Å². The van der Waals surface area contributed by atoms with Crippen LogP contribution in [-0.4, -0.2) is 17.5 Å². The zero-order valence-electron chi connectivity index (χ0n) is 14.3. The summed E-state index contributed by atoms with van der Waals surface area (Å²) in [6.45, 7) is 7.56. The van der Waals surface area contributed by atoms with Crippen molar-refractivity contribution in [1.29, 1.82) is 0 Å². The molecule has 2 N–H and O–H groups in total. The predicted molar refractivity (Wildman–Crippen MR) is 96.1 cm³/mol. The van der Waals surface area contributed by atoms with Crippen molar-refractivity contribution in [2.75, 3.05) is 5.32 Å². The molecule has 0 aliphatic heterocycles. The number of nitrogens with one attached hydrogen (secondary N) is 2. The second-order valence-corrected chi connectivity index (χ2v) is 5.78. The third-order valence-electron chi connectivity index (χ3n) is 3.64. The van der Waals surface area contributed by atoms with E-state index in [1.165, 1.54) is 0 Å². The predicted octanol–water partition coefficient (Wildman–Crippen LogP) is 3.09. The Bertz CT molecular complexity index is 793. The van der Waals surface area contributed by atoms with Crippen LogP contribution in [0.4, 0.5) is 5.69 Å². The molecule has 2 aromatic rings. The molecule has 2 amide bonds. The van der Waals surface area contributed by atoms with Gasteiger partial charge in [0.15, 0.2) is 0 Å². The number of hydrazone groups is 1. The Morgan fingerprint density at radius 1 is 0.875 bits per heavy atom. The van der Waals surface area contributed by atoms with Gasteiger partial charge < -0.3 is 5.32 Å². The maximum absolute atomic E-state index is 12.0. The minimum atomic E-state index is -0.803. The lowest BCUT2D eigenvalue weighted by Crippen LogP contribution is -2.33. The molecule has 124 valence electrons. The molecule has 0 fully saturated rings. The van der Waals surface area contributed by atoms with Crippen molar-refractivity contribution in [1.82, 2.24) is 5.43 Å². The first-order valence-electron chi connectivity index (χ1n) is 7.66. The normalized spacial score (nSPS) is 11.1. The van der Waals surface area contributed by atoms with Crippen molar-refractivity contribution >= 4 is 23.2 Å². The number of nitrogens with zero attached hydrogens (tertiary/aromatic N) is 1. The van der Waals surface area contributed by atoms with Crippen molar-refractivity contribution < 1.29 is 9.59 Å². The minimum absolute atomic E-state index is 0.620. The molecule has 0 heterocycles. The van der Waals surface area contributed by atoms with Gasteiger partial charge in [-0.25, -0.2) is 5.43 Å². The lowest BCUT2D eigenvalue weighted by atomic mass is 10.1. The molecule has 0 radical (unpaired) electrons. The number of anilines is 1. The van der Waals surface area contributed by atoms with E-state index >= 15 is 0 Å². The molecule has 0 saturated heterocycles. The fourth-order valence-corrected chi connectivity index (χ4v) is 2.09. The zero-order chi connectivity index (χ0) is 17.7. The Balaban J connectivity index is 2.01. The number of carbonyl (C=O) groups is 2. The first-order chi connectivity index (χ1) is 11.4. The summed E-state index contributed by atoms with van der Waals surface area (Å²) in [6.07, 6.45) is 0. The van der Waals surface area contributed by atoms with Crippen LogP contribution in [0.1, 0.15) is 29.2 Å². The molecule has 0 aliphatic rings. The molecule has 5 nitrogen and oxygen atoms in total. The van der Waals surface area contributed by atoms with Crippen LogP contribution < -0.4 is 10.7 Å². The van der Waals surface area contributed by atoms with Crippen molar-refractivity contribution in [2.45, 2.75) is 27.7 Å². The Hall–Kier alpha value is -2.95. The summed E-state index contributed by atoms with van der Waals surface area (Å²) >= 11 is 0. The summed E-state index contributed by atoms with van der Waals surface area (Å²) in [5.41, 5.74) is 7.46. The van der Waals surface area contributed by atoms with E-state index in [2.05, 4.69) is 15.8 Å². The summed E-state index contributed by atoms with van der Waals surface area (Å²) in [7, 11) is 0. The molecule has 0 saturated carbocycles. The molecular formula is C19H21N3O2. The molecule has 5 heteroatoms. The van der Waals surface area contributed by atoms with Gasteiger partial charge in [-0.2, -0.15) is 5.10 Å². The van der Waals surface area contributed by atoms with Crippen LogP contribution in [0.2, 0.25) is 0 Å². The van der Waals surface area contributed by atoms with Gasteiger partial charge >= 0.3 is 11.8 Å². The Labute approximate surface area is 141 Å². The summed E-state index contributed by atoms with van der Waals surface area (Å²) in [6, 6.07) is 13.4. The van der Waals surface area contributed by atoms with Gasteiger partial charge in [0, 0.05) is 5.69 Å². The van der Waals surface area contributed by atoms with Crippen LogP contribution in [0.5, 0.6) is 0 Å². The zero-order valence-corrected chi connectivity index (χ0v) is 14.3. The molecular weight excluding hydrogens is 302 g/mol. The van der Waals surface area contributed by atoms with Gasteiger partial charge in [0.1, 0.15) is 0 Å². The van der Waals surface area contributed by atoms with Crippen molar-refractivity contribution in [3.05, 3.63) is 64.7 Å². The summed E-state index contributed by atoms with van der Waals surface area (Å²) in [5.74, 6) is -1.55. The largest absolute Gasteiger partial charge is 0.329 e. The van der Waals surface area contributed by atoms with Gasteiger partial charge in [-0.05, 0) is 50.5 Å². The smallest absolute Gasteiger partial charge is 0.317 e. The highest BCUT2D eigenvalue weighted by Crippen LogP contribution is 2.16. The highest BCUT2D eigenvalue weighted by molar-refractivity contribution is 6.39.